The molecule has 1 aliphatic rings. The Balaban J connectivity index is 2.00. The van der Waals surface area contributed by atoms with E-state index in [1.54, 1.807) is 0 Å². The third-order valence-corrected chi connectivity index (χ3v) is 2.84. The molecule has 2 rings (SSSR count). The van der Waals surface area contributed by atoms with Gasteiger partial charge in [-0.2, -0.15) is 0 Å². The third-order valence-electron chi connectivity index (χ3n) is 2.84. The van der Waals surface area contributed by atoms with Gasteiger partial charge in [-0.25, -0.2) is 0 Å². The Bertz CT molecular complexity index is 388. The van der Waals surface area contributed by atoms with Gasteiger partial charge in [-0.15, -0.1) is 0 Å². The summed E-state index contributed by atoms with van der Waals surface area (Å²) in [7, 11) is 1.98. The van der Waals surface area contributed by atoms with Crippen LogP contribution < -0.4 is 10.1 Å². The van der Waals surface area contributed by atoms with Crippen molar-refractivity contribution in [2.45, 2.75) is 25.8 Å². The quantitative estimate of drug-likeness (QED) is 0.839. The van der Waals surface area contributed by atoms with Gasteiger partial charge >= 0.3 is 0 Å². The van der Waals surface area contributed by atoms with Crippen molar-refractivity contribution >= 4 is 6.08 Å². The van der Waals surface area contributed by atoms with Gasteiger partial charge in [0.1, 0.15) is 5.75 Å². The van der Waals surface area contributed by atoms with Crippen LogP contribution in [0.15, 0.2) is 18.3 Å². The monoisotopic (exact) mass is 218 g/mol. The summed E-state index contributed by atoms with van der Waals surface area (Å²) in [5.41, 5.74) is 2.20. The van der Waals surface area contributed by atoms with Crippen LogP contribution in [0.4, 0.5) is 0 Å². The van der Waals surface area contributed by atoms with Gasteiger partial charge in [-0.1, -0.05) is 12.2 Å². The highest BCUT2D eigenvalue weighted by Crippen LogP contribution is 2.24. The molecule has 0 amide bonds. The van der Waals surface area contributed by atoms with Crippen LogP contribution in [0.1, 0.15) is 24.6 Å². The van der Waals surface area contributed by atoms with E-state index in [2.05, 4.69) is 35.4 Å². The molecule has 86 valence electrons. The fourth-order valence-corrected chi connectivity index (χ4v) is 1.68. The second kappa shape index (κ2) is 5.12. The summed E-state index contributed by atoms with van der Waals surface area (Å²) in [5, 5.41) is 3.20. The van der Waals surface area contributed by atoms with Crippen molar-refractivity contribution in [3.63, 3.8) is 0 Å². The molecule has 0 saturated carbocycles. The van der Waals surface area contributed by atoms with Crippen molar-refractivity contribution in [1.82, 2.24) is 10.3 Å². The number of nitrogens with zero attached hydrogens (tertiary/aromatic N) is 1. The van der Waals surface area contributed by atoms with Crippen LogP contribution in [0.5, 0.6) is 5.75 Å². The minimum Gasteiger partial charge on any atom is -0.491 e. The lowest BCUT2D eigenvalue weighted by Crippen LogP contribution is -2.19. The molecule has 1 N–H and O–H groups in total. The fourth-order valence-electron chi connectivity index (χ4n) is 1.68. The molecule has 3 nitrogen and oxygen atoms in total. The number of hydrogen-bond donors (Lipinski definition) is 1. The lowest BCUT2D eigenvalue weighted by atomic mass is 10.1. The Labute approximate surface area is 96.5 Å². The molecular weight excluding hydrogens is 200 g/mol. The number of ether oxygens (including phenoxy) is 1. The molecule has 1 aromatic heterocycles. The van der Waals surface area contributed by atoms with Gasteiger partial charge in [0.05, 0.1) is 12.3 Å². The summed E-state index contributed by atoms with van der Waals surface area (Å²) in [5.74, 6) is 0.948. The maximum Gasteiger partial charge on any atom is 0.141 e. The van der Waals surface area contributed by atoms with Crippen LogP contribution in [-0.4, -0.2) is 24.7 Å². The summed E-state index contributed by atoms with van der Waals surface area (Å²) in [6.45, 7) is 2.93. The molecule has 0 aromatic carbocycles. The smallest absolute Gasteiger partial charge is 0.141 e. The lowest BCUT2D eigenvalue weighted by Gasteiger charge is -2.05. The molecule has 16 heavy (non-hydrogen) atoms. The van der Waals surface area contributed by atoms with Crippen molar-refractivity contribution in [1.29, 1.82) is 0 Å². The van der Waals surface area contributed by atoms with Gasteiger partial charge in [-0.05, 0) is 32.0 Å². The predicted molar refractivity (Wildman–Crippen MR) is 65.6 cm³/mol. The molecule has 0 fully saturated rings. The first-order chi connectivity index (χ1) is 7.79. The van der Waals surface area contributed by atoms with Gasteiger partial charge in [0.15, 0.2) is 0 Å². The second-order valence-electron chi connectivity index (χ2n) is 4.14. The molecule has 3 heteroatoms. The molecule has 1 aliphatic heterocycles. The number of aromatic nitrogens is 1. The average molecular weight is 218 g/mol. The zero-order valence-electron chi connectivity index (χ0n) is 9.86. The Morgan fingerprint density at radius 3 is 3.31 bits per heavy atom. The SMILES string of the molecule is CNC(C)C/C=C/c1cnc2c(c1)OCC2. The first-order valence-electron chi connectivity index (χ1n) is 5.75. The van der Waals surface area contributed by atoms with Gasteiger partial charge < -0.3 is 10.1 Å². The van der Waals surface area contributed by atoms with Gasteiger partial charge in [-0.3, -0.25) is 4.98 Å². The van der Waals surface area contributed by atoms with Crippen LogP contribution in [0, 0.1) is 0 Å². The van der Waals surface area contributed by atoms with Crippen LogP contribution in [0.2, 0.25) is 0 Å². The molecule has 2 heterocycles. The normalized spacial score (nSPS) is 16.1. The van der Waals surface area contributed by atoms with Crippen LogP contribution in [-0.2, 0) is 6.42 Å². The maximum absolute atomic E-state index is 5.48. The molecule has 0 aliphatic carbocycles. The Kier molecular flexibility index (Phi) is 3.57. The van der Waals surface area contributed by atoms with E-state index >= 15 is 0 Å². The predicted octanol–water partition coefficient (Wildman–Crippen LogP) is 2.03. The average Bonchev–Trinajstić information content (AvgIpc) is 2.76. The van der Waals surface area contributed by atoms with E-state index in [0.717, 1.165) is 36.5 Å². The lowest BCUT2D eigenvalue weighted by molar-refractivity contribution is 0.356. The zero-order chi connectivity index (χ0) is 11.4. The first-order valence-corrected chi connectivity index (χ1v) is 5.75. The summed E-state index contributed by atoms with van der Waals surface area (Å²) in [6.07, 6.45) is 8.14. The van der Waals surface area contributed by atoms with E-state index < -0.39 is 0 Å². The highest BCUT2D eigenvalue weighted by Gasteiger charge is 2.12. The largest absolute Gasteiger partial charge is 0.491 e. The highest BCUT2D eigenvalue weighted by molar-refractivity contribution is 5.52. The second-order valence-corrected chi connectivity index (χ2v) is 4.14. The van der Waals surface area contributed by atoms with Crippen LogP contribution in [0.25, 0.3) is 6.08 Å². The molecule has 0 saturated heterocycles. The molecule has 1 aromatic rings. The number of pyridine rings is 1. The van der Waals surface area contributed by atoms with Gasteiger partial charge in [0.2, 0.25) is 0 Å². The van der Waals surface area contributed by atoms with Gasteiger partial charge in [0.25, 0.3) is 0 Å². The van der Waals surface area contributed by atoms with E-state index in [0.29, 0.717) is 6.04 Å². The highest BCUT2D eigenvalue weighted by atomic mass is 16.5. The molecule has 0 radical (unpaired) electrons. The van der Waals surface area contributed by atoms with E-state index in [1.807, 2.05) is 13.2 Å². The maximum atomic E-state index is 5.48. The van der Waals surface area contributed by atoms with Crippen LogP contribution >= 0.6 is 0 Å². The molecule has 0 spiro atoms. The third kappa shape index (κ3) is 2.61. The topological polar surface area (TPSA) is 34.2 Å². The summed E-state index contributed by atoms with van der Waals surface area (Å²) in [6, 6.07) is 2.57. The van der Waals surface area contributed by atoms with Gasteiger partial charge in [0, 0.05) is 18.7 Å². The Hall–Kier alpha value is -1.35. The van der Waals surface area contributed by atoms with E-state index in [4.69, 9.17) is 4.74 Å². The minimum absolute atomic E-state index is 0.509. The summed E-state index contributed by atoms with van der Waals surface area (Å²) in [4.78, 5) is 4.39. The standard InChI is InChI=1S/C13H18N2O/c1-10(14-2)4-3-5-11-8-13-12(15-9-11)6-7-16-13/h3,5,8-10,14H,4,6-7H2,1-2H3/b5-3+. The van der Waals surface area contributed by atoms with Crippen molar-refractivity contribution < 1.29 is 4.74 Å². The van der Waals surface area contributed by atoms with E-state index in [1.165, 1.54) is 0 Å². The van der Waals surface area contributed by atoms with Crippen molar-refractivity contribution in [2.24, 2.45) is 0 Å². The van der Waals surface area contributed by atoms with Crippen molar-refractivity contribution in [2.75, 3.05) is 13.7 Å². The number of hydrogen-bond acceptors (Lipinski definition) is 3. The molecular formula is C13H18N2O. The molecule has 1 unspecified atom stereocenters. The first kappa shape index (κ1) is 11.1. The minimum atomic E-state index is 0.509. The Morgan fingerprint density at radius 2 is 2.50 bits per heavy atom. The van der Waals surface area contributed by atoms with Crippen molar-refractivity contribution in [3.05, 3.63) is 29.6 Å². The number of rotatable bonds is 4. The molecule has 1 atom stereocenters. The van der Waals surface area contributed by atoms with Crippen molar-refractivity contribution in [3.8, 4) is 5.75 Å². The molecule has 0 bridgehead atoms. The zero-order valence-corrected chi connectivity index (χ0v) is 9.86. The van der Waals surface area contributed by atoms with E-state index in [9.17, 15) is 0 Å². The number of fused-ring (bicyclic) bond motifs is 1. The Morgan fingerprint density at radius 1 is 1.62 bits per heavy atom. The number of nitrogens with one attached hydrogen (secondary N) is 1. The van der Waals surface area contributed by atoms with Crippen LogP contribution in [0.3, 0.4) is 0 Å². The van der Waals surface area contributed by atoms with E-state index in [-0.39, 0.29) is 0 Å². The summed E-state index contributed by atoms with van der Waals surface area (Å²) >= 11 is 0. The fraction of sp³-hybridized carbons (Fsp3) is 0.462. The summed E-state index contributed by atoms with van der Waals surface area (Å²) < 4.78 is 5.48.